The van der Waals surface area contributed by atoms with E-state index in [0.717, 1.165) is 5.56 Å². The first-order valence-electron chi connectivity index (χ1n) is 11.4. The van der Waals surface area contributed by atoms with Gasteiger partial charge in [-0.1, -0.05) is 70.2 Å². The number of hydrogen-bond donors (Lipinski definition) is 1. The SMILES string of the molecule is CCNC(=O)/C=C/c1cccc(C2(c3ccc4c(c3)C(C)(C)CCC4(C)C)CC2)c1. The fraction of sp³-hybridized carbons (Fsp3) is 0.464. The third-order valence-electron chi connectivity index (χ3n) is 7.37. The molecule has 0 saturated heterocycles. The summed E-state index contributed by atoms with van der Waals surface area (Å²) in [4.78, 5) is 11.8. The molecule has 0 aromatic heterocycles. The minimum absolute atomic E-state index is 0.0384. The molecule has 0 aliphatic heterocycles. The quantitative estimate of drug-likeness (QED) is 0.588. The Morgan fingerprint density at radius 1 is 0.900 bits per heavy atom. The molecule has 4 rings (SSSR count). The van der Waals surface area contributed by atoms with E-state index in [1.165, 1.54) is 47.9 Å². The van der Waals surface area contributed by atoms with Gasteiger partial charge in [-0.3, -0.25) is 4.79 Å². The second kappa shape index (κ2) is 7.41. The number of benzene rings is 2. The highest BCUT2D eigenvalue weighted by atomic mass is 16.1. The molecule has 2 heteroatoms. The first-order chi connectivity index (χ1) is 14.2. The predicted octanol–water partition coefficient (Wildman–Crippen LogP) is 6.26. The molecule has 30 heavy (non-hydrogen) atoms. The van der Waals surface area contributed by atoms with Crippen LogP contribution in [0.15, 0.2) is 48.5 Å². The summed E-state index contributed by atoms with van der Waals surface area (Å²) in [7, 11) is 0. The van der Waals surface area contributed by atoms with E-state index < -0.39 is 0 Å². The average Bonchev–Trinajstić information content (AvgIpc) is 3.52. The molecule has 0 radical (unpaired) electrons. The lowest BCUT2D eigenvalue weighted by Gasteiger charge is -2.42. The molecular weight excluding hydrogens is 366 g/mol. The van der Waals surface area contributed by atoms with Crippen molar-refractivity contribution in [3.05, 3.63) is 76.4 Å². The maximum atomic E-state index is 11.8. The number of fused-ring (bicyclic) bond motifs is 1. The lowest BCUT2D eigenvalue weighted by Crippen LogP contribution is -2.34. The summed E-state index contributed by atoms with van der Waals surface area (Å²) in [5.41, 5.74) is 7.58. The van der Waals surface area contributed by atoms with Gasteiger partial charge in [0.15, 0.2) is 0 Å². The minimum Gasteiger partial charge on any atom is -0.353 e. The van der Waals surface area contributed by atoms with Gasteiger partial charge in [-0.25, -0.2) is 0 Å². The normalized spacial score (nSPS) is 20.6. The smallest absolute Gasteiger partial charge is 0.243 e. The van der Waals surface area contributed by atoms with E-state index in [1.807, 2.05) is 13.0 Å². The first-order valence-corrected chi connectivity index (χ1v) is 11.4. The number of amides is 1. The summed E-state index contributed by atoms with van der Waals surface area (Å²) in [6.07, 6.45) is 8.42. The maximum Gasteiger partial charge on any atom is 0.243 e. The molecule has 1 fully saturated rings. The van der Waals surface area contributed by atoms with Crippen LogP contribution in [0.1, 0.15) is 88.1 Å². The number of likely N-dealkylation sites (N-methyl/N-ethyl adjacent to an activating group) is 1. The Morgan fingerprint density at radius 2 is 1.57 bits per heavy atom. The summed E-state index contributed by atoms with van der Waals surface area (Å²) in [6.45, 7) is 12.2. The summed E-state index contributed by atoms with van der Waals surface area (Å²) in [6, 6.07) is 16.0. The maximum absolute atomic E-state index is 11.8. The molecule has 0 bridgehead atoms. The highest BCUT2D eigenvalue weighted by Gasteiger charge is 2.47. The Balaban J connectivity index is 1.69. The van der Waals surface area contributed by atoms with Crippen LogP contribution in [-0.4, -0.2) is 12.5 Å². The average molecular weight is 402 g/mol. The number of carbonyl (C=O) groups excluding carboxylic acids is 1. The van der Waals surface area contributed by atoms with Crippen molar-refractivity contribution in [2.45, 2.75) is 76.5 Å². The van der Waals surface area contributed by atoms with Crippen LogP contribution in [0.3, 0.4) is 0 Å². The van der Waals surface area contributed by atoms with Gasteiger partial charge >= 0.3 is 0 Å². The van der Waals surface area contributed by atoms with Crippen LogP contribution in [0.4, 0.5) is 0 Å². The molecule has 2 nitrogen and oxygen atoms in total. The fourth-order valence-electron chi connectivity index (χ4n) is 5.10. The third-order valence-corrected chi connectivity index (χ3v) is 7.37. The molecule has 2 aromatic rings. The van der Waals surface area contributed by atoms with Gasteiger partial charge in [0.1, 0.15) is 0 Å². The molecule has 0 heterocycles. The van der Waals surface area contributed by atoms with Crippen LogP contribution in [0.5, 0.6) is 0 Å². The number of nitrogens with one attached hydrogen (secondary N) is 1. The Hall–Kier alpha value is -2.35. The van der Waals surface area contributed by atoms with E-state index in [-0.39, 0.29) is 22.2 Å². The van der Waals surface area contributed by atoms with Crippen LogP contribution in [0.2, 0.25) is 0 Å². The van der Waals surface area contributed by atoms with Gasteiger partial charge in [0.25, 0.3) is 0 Å². The summed E-state index contributed by atoms with van der Waals surface area (Å²) < 4.78 is 0. The topological polar surface area (TPSA) is 29.1 Å². The minimum atomic E-state index is -0.0384. The molecule has 158 valence electrons. The Bertz CT molecular complexity index is 991. The number of rotatable bonds is 5. The number of hydrogen-bond acceptors (Lipinski definition) is 1. The predicted molar refractivity (Wildman–Crippen MR) is 126 cm³/mol. The summed E-state index contributed by atoms with van der Waals surface area (Å²) >= 11 is 0. The molecule has 2 aromatic carbocycles. The van der Waals surface area contributed by atoms with Crippen molar-refractivity contribution in [2.75, 3.05) is 6.54 Å². The lowest BCUT2D eigenvalue weighted by atomic mass is 9.62. The zero-order valence-corrected chi connectivity index (χ0v) is 19.1. The molecule has 1 amide bonds. The van der Waals surface area contributed by atoms with E-state index in [9.17, 15) is 4.79 Å². The van der Waals surface area contributed by atoms with Crippen molar-refractivity contribution in [2.24, 2.45) is 0 Å². The Labute approximate surface area is 181 Å². The van der Waals surface area contributed by atoms with Crippen molar-refractivity contribution in [3.8, 4) is 0 Å². The molecule has 2 aliphatic carbocycles. The first kappa shape index (κ1) is 20.9. The van der Waals surface area contributed by atoms with Crippen molar-refractivity contribution in [1.82, 2.24) is 5.32 Å². The van der Waals surface area contributed by atoms with Crippen LogP contribution in [-0.2, 0) is 21.0 Å². The molecule has 2 aliphatic rings. The van der Waals surface area contributed by atoms with Gasteiger partial charge < -0.3 is 5.32 Å². The second-order valence-electron chi connectivity index (χ2n) is 10.5. The van der Waals surface area contributed by atoms with Gasteiger partial charge in [-0.15, -0.1) is 0 Å². The fourth-order valence-corrected chi connectivity index (χ4v) is 5.10. The molecule has 0 spiro atoms. The van der Waals surface area contributed by atoms with E-state index in [1.54, 1.807) is 6.08 Å². The highest BCUT2D eigenvalue weighted by molar-refractivity contribution is 5.91. The van der Waals surface area contributed by atoms with E-state index in [0.29, 0.717) is 6.54 Å². The van der Waals surface area contributed by atoms with Crippen LogP contribution < -0.4 is 5.32 Å². The van der Waals surface area contributed by atoms with Crippen LogP contribution >= 0.6 is 0 Å². The third kappa shape index (κ3) is 3.73. The van der Waals surface area contributed by atoms with E-state index in [2.05, 4.69) is 75.5 Å². The summed E-state index contributed by atoms with van der Waals surface area (Å²) in [5, 5.41) is 2.82. The number of carbonyl (C=O) groups is 1. The Kier molecular flexibility index (Phi) is 5.16. The van der Waals surface area contributed by atoms with Gasteiger partial charge in [0.05, 0.1) is 0 Å². The van der Waals surface area contributed by atoms with Gasteiger partial charge in [0, 0.05) is 18.0 Å². The largest absolute Gasteiger partial charge is 0.353 e. The van der Waals surface area contributed by atoms with Gasteiger partial charge in [0.2, 0.25) is 5.91 Å². The highest BCUT2D eigenvalue weighted by Crippen LogP contribution is 2.55. The standard InChI is InChI=1S/C28H35NO/c1-6-29-25(30)13-10-20-8-7-9-21(18-20)28(16-17-28)22-11-12-23-24(19-22)27(4,5)15-14-26(23,2)3/h7-13,18-19H,6,14-17H2,1-5H3,(H,29,30)/b13-10+. The van der Waals surface area contributed by atoms with Crippen molar-refractivity contribution < 1.29 is 4.79 Å². The molecular formula is C28H35NO. The van der Waals surface area contributed by atoms with Crippen molar-refractivity contribution >= 4 is 12.0 Å². The van der Waals surface area contributed by atoms with E-state index >= 15 is 0 Å². The zero-order valence-electron chi connectivity index (χ0n) is 19.1. The van der Waals surface area contributed by atoms with Crippen molar-refractivity contribution in [3.63, 3.8) is 0 Å². The Morgan fingerprint density at radius 3 is 2.23 bits per heavy atom. The molecule has 0 unspecified atom stereocenters. The van der Waals surface area contributed by atoms with Gasteiger partial charge in [-0.2, -0.15) is 0 Å². The van der Waals surface area contributed by atoms with Gasteiger partial charge in [-0.05, 0) is 77.3 Å². The molecule has 0 atom stereocenters. The van der Waals surface area contributed by atoms with Crippen molar-refractivity contribution in [1.29, 1.82) is 0 Å². The molecule has 1 saturated carbocycles. The summed E-state index contributed by atoms with van der Waals surface area (Å²) in [5.74, 6) is -0.0384. The monoisotopic (exact) mass is 401 g/mol. The lowest BCUT2D eigenvalue weighted by molar-refractivity contribution is -0.116. The van der Waals surface area contributed by atoms with E-state index in [4.69, 9.17) is 0 Å². The van der Waals surface area contributed by atoms with Crippen LogP contribution in [0.25, 0.3) is 6.08 Å². The zero-order chi connectivity index (χ0) is 21.6. The molecule has 1 N–H and O–H groups in total. The second-order valence-corrected chi connectivity index (χ2v) is 10.5. The van der Waals surface area contributed by atoms with Crippen LogP contribution in [0, 0.1) is 0 Å².